The number of Topliss-reactive ketones (excluding diaryl/α,β-unsaturated/α-hetero) is 1. The number of aromatic nitrogens is 4. The van der Waals surface area contributed by atoms with E-state index in [0.717, 1.165) is 28.1 Å². The smallest absolute Gasteiger partial charge is 0.185 e. The van der Waals surface area contributed by atoms with Crippen LogP contribution in [-0.4, -0.2) is 32.7 Å². The van der Waals surface area contributed by atoms with Crippen LogP contribution in [0.15, 0.2) is 54.6 Å². The van der Waals surface area contributed by atoms with Crippen LogP contribution in [0.25, 0.3) is 16.8 Å². The Kier molecular flexibility index (Phi) is 4.81. The van der Waals surface area contributed by atoms with E-state index in [1.54, 1.807) is 11.6 Å². The van der Waals surface area contributed by atoms with Gasteiger partial charge in [0.2, 0.25) is 0 Å². The molecule has 5 rings (SSSR count). The van der Waals surface area contributed by atoms with Crippen LogP contribution >= 0.6 is 11.6 Å². The van der Waals surface area contributed by atoms with Gasteiger partial charge in [-0.1, -0.05) is 54.1 Å². The lowest BCUT2D eigenvalue weighted by Crippen LogP contribution is -2.24. The van der Waals surface area contributed by atoms with Gasteiger partial charge in [0.1, 0.15) is 0 Å². The van der Waals surface area contributed by atoms with E-state index in [0.29, 0.717) is 35.8 Å². The summed E-state index contributed by atoms with van der Waals surface area (Å²) in [6.07, 6.45) is 1.01. The summed E-state index contributed by atoms with van der Waals surface area (Å²) in [5, 5.41) is 14.1. The molecule has 0 bridgehead atoms. The summed E-state index contributed by atoms with van der Waals surface area (Å²) in [5.74, 6) is -0.00738. The molecule has 1 aliphatic rings. The molecule has 1 atom stereocenters. The van der Waals surface area contributed by atoms with E-state index >= 15 is 0 Å². The monoisotopic (exact) mass is 418 g/mol. The number of ketones is 1. The second-order valence-corrected chi connectivity index (χ2v) is 7.87. The largest absolute Gasteiger partial charge is 0.378 e. The van der Waals surface area contributed by atoms with Crippen LogP contribution < -0.4 is 0 Å². The van der Waals surface area contributed by atoms with E-state index < -0.39 is 0 Å². The maximum absolute atomic E-state index is 12.9. The molecule has 6 nitrogen and oxygen atoms in total. The van der Waals surface area contributed by atoms with E-state index in [1.165, 1.54) is 0 Å². The number of hydrogen-bond donors (Lipinski definition) is 0. The normalized spacial score (nSPS) is 16.1. The highest BCUT2D eigenvalue weighted by Gasteiger charge is 2.32. The molecule has 0 spiro atoms. The van der Waals surface area contributed by atoms with Gasteiger partial charge < -0.3 is 4.74 Å². The van der Waals surface area contributed by atoms with Crippen molar-refractivity contribution in [1.82, 2.24) is 19.8 Å². The predicted octanol–water partition coefficient (Wildman–Crippen LogP) is 4.50. The molecule has 0 saturated carbocycles. The maximum Gasteiger partial charge on any atom is 0.185 e. The molecule has 0 fully saturated rings. The summed E-state index contributed by atoms with van der Waals surface area (Å²) in [6.45, 7) is 0.341. The van der Waals surface area contributed by atoms with Gasteiger partial charge in [-0.25, -0.2) is 4.52 Å². The average molecular weight is 419 g/mol. The minimum absolute atomic E-state index is 0.0198. The molecule has 2 heterocycles. The third-order valence-electron chi connectivity index (χ3n) is 5.51. The number of carbonyl (C=O) groups excluding carboxylic acids is 1. The lowest BCUT2D eigenvalue weighted by atomic mass is 9.83. The van der Waals surface area contributed by atoms with Gasteiger partial charge in [-0.15, -0.1) is 10.2 Å². The Balaban J connectivity index is 1.68. The van der Waals surface area contributed by atoms with Crippen molar-refractivity contribution in [2.45, 2.75) is 25.4 Å². The Morgan fingerprint density at radius 3 is 2.70 bits per heavy atom. The lowest BCUT2D eigenvalue weighted by Gasteiger charge is -2.23. The second kappa shape index (κ2) is 7.63. The Hall–Kier alpha value is -3.09. The van der Waals surface area contributed by atoms with Crippen LogP contribution in [-0.2, 0) is 17.8 Å². The Morgan fingerprint density at radius 1 is 1.10 bits per heavy atom. The number of carbonyl (C=O) groups is 1. The molecule has 0 aliphatic heterocycles. The van der Waals surface area contributed by atoms with Gasteiger partial charge in [-0.3, -0.25) is 4.79 Å². The first kappa shape index (κ1) is 18.9. The topological polar surface area (TPSA) is 69.4 Å². The van der Waals surface area contributed by atoms with E-state index in [-0.39, 0.29) is 11.7 Å². The number of halogens is 1. The summed E-state index contributed by atoms with van der Waals surface area (Å²) >= 11 is 6.18. The van der Waals surface area contributed by atoms with Crippen molar-refractivity contribution < 1.29 is 9.53 Å². The Bertz CT molecular complexity index is 1250. The molecule has 150 valence electrons. The first-order chi connectivity index (χ1) is 14.7. The van der Waals surface area contributed by atoms with Crippen LogP contribution in [0.3, 0.4) is 0 Å². The number of rotatable bonds is 4. The van der Waals surface area contributed by atoms with Crippen molar-refractivity contribution in [1.29, 1.82) is 0 Å². The number of benzene rings is 2. The van der Waals surface area contributed by atoms with Gasteiger partial charge in [0.05, 0.1) is 23.6 Å². The van der Waals surface area contributed by atoms with Gasteiger partial charge in [-0.05, 0) is 35.6 Å². The predicted molar refractivity (Wildman–Crippen MR) is 114 cm³/mol. The number of ether oxygens (including phenoxy) is 1. The van der Waals surface area contributed by atoms with Crippen molar-refractivity contribution in [3.05, 3.63) is 82.3 Å². The maximum atomic E-state index is 12.9. The van der Waals surface area contributed by atoms with Crippen molar-refractivity contribution >= 4 is 23.0 Å². The highest BCUT2D eigenvalue weighted by atomic mass is 35.5. The van der Waals surface area contributed by atoms with Crippen LogP contribution in [0.1, 0.15) is 39.8 Å². The molecule has 2 aromatic heterocycles. The molecule has 4 aromatic rings. The summed E-state index contributed by atoms with van der Waals surface area (Å²) in [5.41, 5.74) is 5.48. The molecule has 0 radical (unpaired) electrons. The zero-order valence-corrected chi connectivity index (χ0v) is 17.1. The second-order valence-electron chi connectivity index (χ2n) is 7.43. The van der Waals surface area contributed by atoms with Gasteiger partial charge in [0.25, 0.3) is 0 Å². The van der Waals surface area contributed by atoms with Gasteiger partial charge in [-0.2, -0.15) is 5.10 Å². The zero-order valence-electron chi connectivity index (χ0n) is 16.4. The molecule has 2 aromatic carbocycles. The SMILES string of the molecule is COCc1nn2c3c(nnc2c1-c1ccccc1)C(=O)CC(c1cccc(Cl)c1)C3. The number of methoxy groups -OCH3 is 1. The lowest BCUT2D eigenvalue weighted by molar-refractivity contribution is 0.0955. The minimum Gasteiger partial charge on any atom is -0.378 e. The number of hydrogen-bond acceptors (Lipinski definition) is 5. The fraction of sp³-hybridized carbons (Fsp3) is 0.217. The zero-order chi connectivity index (χ0) is 20.7. The van der Waals surface area contributed by atoms with E-state index in [2.05, 4.69) is 10.2 Å². The molecule has 1 unspecified atom stereocenters. The number of fused-ring (bicyclic) bond motifs is 3. The van der Waals surface area contributed by atoms with Crippen molar-refractivity contribution in [3.63, 3.8) is 0 Å². The first-order valence-corrected chi connectivity index (χ1v) is 10.1. The molecule has 30 heavy (non-hydrogen) atoms. The minimum atomic E-state index is -0.0271. The van der Waals surface area contributed by atoms with Crippen molar-refractivity contribution in [2.75, 3.05) is 7.11 Å². The van der Waals surface area contributed by atoms with Crippen LogP contribution in [0.4, 0.5) is 0 Å². The van der Waals surface area contributed by atoms with Crippen LogP contribution in [0, 0.1) is 0 Å². The summed E-state index contributed by atoms with van der Waals surface area (Å²) in [4.78, 5) is 12.9. The van der Waals surface area contributed by atoms with Gasteiger partial charge in [0.15, 0.2) is 17.1 Å². The third kappa shape index (κ3) is 3.18. The summed E-state index contributed by atoms with van der Waals surface area (Å²) < 4.78 is 7.15. The fourth-order valence-corrected chi connectivity index (χ4v) is 4.35. The highest BCUT2D eigenvalue weighted by Crippen LogP contribution is 2.35. The third-order valence-corrected chi connectivity index (χ3v) is 5.74. The average Bonchev–Trinajstić information content (AvgIpc) is 3.13. The summed E-state index contributed by atoms with van der Waals surface area (Å²) in [6, 6.07) is 17.6. The molecule has 0 amide bonds. The molecular formula is C23H19ClN4O2. The quantitative estimate of drug-likeness (QED) is 0.488. The van der Waals surface area contributed by atoms with E-state index in [9.17, 15) is 4.79 Å². The Morgan fingerprint density at radius 2 is 1.93 bits per heavy atom. The fourth-order valence-electron chi connectivity index (χ4n) is 4.15. The molecule has 7 heteroatoms. The standard InChI is InChI=1S/C23H19ClN4O2/c1-30-13-18-21(14-6-3-2-4-7-14)23-26-25-22-19(28(23)27-18)11-16(12-20(22)29)15-8-5-9-17(24)10-15/h2-10,16H,11-13H2,1H3. The molecule has 1 aliphatic carbocycles. The van der Waals surface area contributed by atoms with Crippen LogP contribution in [0.2, 0.25) is 5.02 Å². The number of nitrogens with zero attached hydrogens (tertiary/aromatic N) is 4. The van der Waals surface area contributed by atoms with E-state index in [1.807, 2.05) is 54.6 Å². The molecule has 0 N–H and O–H groups in total. The van der Waals surface area contributed by atoms with Gasteiger partial charge >= 0.3 is 0 Å². The Labute approximate surface area is 178 Å². The van der Waals surface area contributed by atoms with Gasteiger partial charge in [0, 0.05) is 18.6 Å². The van der Waals surface area contributed by atoms with Crippen molar-refractivity contribution in [2.24, 2.45) is 0 Å². The molecule has 0 saturated heterocycles. The summed E-state index contributed by atoms with van der Waals surface area (Å²) in [7, 11) is 1.64. The van der Waals surface area contributed by atoms with E-state index in [4.69, 9.17) is 21.4 Å². The van der Waals surface area contributed by atoms with Crippen molar-refractivity contribution in [3.8, 4) is 11.1 Å². The van der Waals surface area contributed by atoms with Crippen LogP contribution in [0.5, 0.6) is 0 Å². The first-order valence-electron chi connectivity index (χ1n) is 9.76. The highest BCUT2D eigenvalue weighted by molar-refractivity contribution is 6.30. The molecular weight excluding hydrogens is 400 g/mol.